The third-order valence-electron chi connectivity index (χ3n) is 5.50. The highest BCUT2D eigenvalue weighted by Gasteiger charge is 2.19. The number of carboxylic acids is 1. The summed E-state index contributed by atoms with van der Waals surface area (Å²) in [4.78, 5) is 32.9. The summed E-state index contributed by atoms with van der Waals surface area (Å²) in [5.74, 6) is -0.245. The minimum atomic E-state index is -0.968. The van der Waals surface area contributed by atoms with Crippen LogP contribution in [0, 0.1) is 0 Å². The van der Waals surface area contributed by atoms with E-state index in [9.17, 15) is 14.7 Å². The minimum Gasteiger partial charge on any atom is -0.481 e. The molecule has 1 aliphatic heterocycles. The molecule has 3 aromatic rings. The maximum absolute atomic E-state index is 12.5. The number of nitrogens with zero attached hydrogens (tertiary/aromatic N) is 2. The Labute approximate surface area is 186 Å². The smallest absolute Gasteiger partial charge is 0.305 e. The molecule has 1 aromatic carbocycles. The van der Waals surface area contributed by atoms with Gasteiger partial charge in [0.15, 0.2) is 0 Å². The highest BCUT2D eigenvalue weighted by Crippen LogP contribution is 2.23. The number of aryl methyl sites for hydroxylation is 1. The number of anilines is 2. The van der Waals surface area contributed by atoms with Crippen molar-refractivity contribution >= 4 is 34.3 Å². The molecule has 1 aliphatic rings. The second kappa shape index (κ2) is 10.1. The average Bonchev–Trinajstić information content (AvgIpc) is 2.80. The number of aliphatic carboxylic acids is 1. The molecule has 0 fully saturated rings. The SMILES string of the molecule is O=C(O)C[C@H](NC(=O)CCCCc1ccc2c(n1)NCCN2)c1cnc2ccccc2c1. The van der Waals surface area contributed by atoms with Crippen molar-refractivity contribution in [1.82, 2.24) is 15.3 Å². The number of hydrogen-bond acceptors (Lipinski definition) is 6. The quantitative estimate of drug-likeness (QED) is 0.382. The predicted octanol–water partition coefficient (Wildman–Crippen LogP) is 3.51. The number of carbonyl (C=O) groups is 2. The lowest BCUT2D eigenvalue weighted by molar-refractivity contribution is -0.137. The van der Waals surface area contributed by atoms with E-state index in [0.29, 0.717) is 18.4 Å². The number of pyridine rings is 2. The summed E-state index contributed by atoms with van der Waals surface area (Å²) < 4.78 is 0. The van der Waals surface area contributed by atoms with E-state index in [1.807, 2.05) is 42.5 Å². The third-order valence-corrected chi connectivity index (χ3v) is 5.50. The number of para-hydroxylation sites is 1. The predicted molar refractivity (Wildman–Crippen MR) is 124 cm³/mol. The van der Waals surface area contributed by atoms with E-state index in [4.69, 9.17) is 0 Å². The summed E-state index contributed by atoms with van der Waals surface area (Å²) >= 11 is 0. The Morgan fingerprint density at radius 1 is 1.09 bits per heavy atom. The molecule has 4 N–H and O–H groups in total. The first kappa shape index (κ1) is 21.5. The summed E-state index contributed by atoms with van der Waals surface area (Å²) in [6.07, 6.45) is 4.10. The molecule has 2 aromatic heterocycles. The Morgan fingerprint density at radius 2 is 1.94 bits per heavy atom. The molecule has 0 saturated heterocycles. The second-order valence-corrected chi connectivity index (χ2v) is 7.94. The Kier molecular flexibility index (Phi) is 6.79. The fraction of sp³-hybridized carbons (Fsp3) is 0.333. The van der Waals surface area contributed by atoms with Crippen LogP contribution in [-0.4, -0.2) is 40.0 Å². The molecule has 1 atom stereocenters. The number of rotatable bonds is 9. The highest BCUT2D eigenvalue weighted by molar-refractivity contribution is 5.80. The van der Waals surface area contributed by atoms with Crippen molar-refractivity contribution in [1.29, 1.82) is 0 Å². The van der Waals surface area contributed by atoms with Gasteiger partial charge >= 0.3 is 5.97 Å². The van der Waals surface area contributed by atoms with E-state index in [1.165, 1.54) is 0 Å². The van der Waals surface area contributed by atoms with Crippen LogP contribution >= 0.6 is 0 Å². The zero-order valence-corrected chi connectivity index (χ0v) is 17.8. The van der Waals surface area contributed by atoms with E-state index in [0.717, 1.165) is 54.0 Å². The number of unbranched alkanes of at least 4 members (excludes halogenated alkanes) is 1. The van der Waals surface area contributed by atoms with Crippen molar-refractivity contribution in [2.45, 2.75) is 38.1 Å². The molecular weight excluding hydrogens is 406 g/mol. The zero-order chi connectivity index (χ0) is 22.3. The van der Waals surface area contributed by atoms with Gasteiger partial charge in [-0.3, -0.25) is 14.6 Å². The molecule has 0 unspecified atom stereocenters. The zero-order valence-electron chi connectivity index (χ0n) is 17.8. The van der Waals surface area contributed by atoms with Crippen LogP contribution in [0.25, 0.3) is 10.9 Å². The van der Waals surface area contributed by atoms with E-state index >= 15 is 0 Å². The van der Waals surface area contributed by atoms with Crippen molar-refractivity contribution < 1.29 is 14.7 Å². The van der Waals surface area contributed by atoms with Gasteiger partial charge in [0.1, 0.15) is 5.82 Å². The van der Waals surface area contributed by atoms with Crippen molar-refractivity contribution in [3.05, 3.63) is 59.9 Å². The van der Waals surface area contributed by atoms with Gasteiger partial charge in [-0.2, -0.15) is 0 Å². The summed E-state index contributed by atoms with van der Waals surface area (Å²) in [6, 6.07) is 12.9. The van der Waals surface area contributed by atoms with E-state index in [2.05, 4.69) is 25.9 Å². The van der Waals surface area contributed by atoms with E-state index < -0.39 is 12.0 Å². The number of carbonyl (C=O) groups excluding carboxylic acids is 1. The van der Waals surface area contributed by atoms with Crippen molar-refractivity contribution in [3.8, 4) is 0 Å². The van der Waals surface area contributed by atoms with Gasteiger partial charge in [-0.1, -0.05) is 18.2 Å². The Hall–Kier alpha value is -3.68. The largest absolute Gasteiger partial charge is 0.481 e. The molecule has 0 radical (unpaired) electrons. The monoisotopic (exact) mass is 433 g/mol. The van der Waals surface area contributed by atoms with Crippen molar-refractivity contribution in [3.63, 3.8) is 0 Å². The molecular formula is C24H27N5O3. The summed E-state index contributed by atoms with van der Waals surface area (Å²) in [5.41, 5.74) is 3.54. The van der Waals surface area contributed by atoms with Gasteiger partial charge < -0.3 is 21.1 Å². The van der Waals surface area contributed by atoms with Crippen LogP contribution in [-0.2, 0) is 16.0 Å². The lowest BCUT2D eigenvalue weighted by Gasteiger charge is -2.19. The summed E-state index contributed by atoms with van der Waals surface area (Å²) in [6.45, 7) is 1.75. The van der Waals surface area contributed by atoms with Gasteiger partial charge in [0, 0.05) is 36.8 Å². The first-order valence-corrected chi connectivity index (χ1v) is 10.9. The summed E-state index contributed by atoms with van der Waals surface area (Å²) in [5, 5.41) is 19.7. The second-order valence-electron chi connectivity index (χ2n) is 7.94. The third kappa shape index (κ3) is 5.51. The molecule has 8 heteroatoms. The molecule has 0 bridgehead atoms. The number of fused-ring (bicyclic) bond motifs is 2. The Morgan fingerprint density at radius 3 is 2.81 bits per heavy atom. The fourth-order valence-electron chi connectivity index (χ4n) is 3.86. The molecule has 8 nitrogen and oxygen atoms in total. The molecule has 4 rings (SSSR count). The van der Waals surface area contributed by atoms with E-state index in [1.54, 1.807) is 6.20 Å². The van der Waals surface area contributed by atoms with Crippen LogP contribution in [0.4, 0.5) is 11.5 Å². The number of amides is 1. The van der Waals surface area contributed by atoms with Crippen LogP contribution in [0.15, 0.2) is 48.7 Å². The van der Waals surface area contributed by atoms with Gasteiger partial charge in [-0.25, -0.2) is 4.98 Å². The molecule has 0 spiro atoms. The van der Waals surface area contributed by atoms with Crippen LogP contribution < -0.4 is 16.0 Å². The first-order chi connectivity index (χ1) is 15.6. The van der Waals surface area contributed by atoms with Crippen LogP contribution in [0.5, 0.6) is 0 Å². The van der Waals surface area contributed by atoms with Crippen LogP contribution in [0.3, 0.4) is 0 Å². The van der Waals surface area contributed by atoms with Gasteiger partial charge in [0.2, 0.25) is 5.91 Å². The maximum atomic E-state index is 12.5. The maximum Gasteiger partial charge on any atom is 0.305 e. The number of carboxylic acid groups (broad SMARTS) is 1. The number of hydrogen-bond donors (Lipinski definition) is 4. The number of aromatic nitrogens is 2. The molecule has 166 valence electrons. The van der Waals surface area contributed by atoms with E-state index in [-0.39, 0.29) is 12.3 Å². The lowest BCUT2D eigenvalue weighted by atomic mass is 10.0. The lowest BCUT2D eigenvalue weighted by Crippen LogP contribution is -2.30. The standard InChI is InChI=1S/C24H27N5O3/c30-22(8-4-2-6-18-9-10-20-24(28-18)26-12-11-25-20)29-21(14-23(31)32)17-13-16-5-1-3-7-19(16)27-15-17/h1,3,5,7,9-10,13,15,21,25H,2,4,6,8,11-12,14H2,(H,26,28)(H,29,30)(H,31,32)/t21-/m0/s1. The Bertz CT molecular complexity index is 1120. The van der Waals surface area contributed by atoms with Crippen LogP contribution in [0.1, 0.15) is 43.0 Å². The Balaban J connectivity index is 1.30. The van der Waals surface area contributed by atoms with Gasteiger partial charge in [0.05, 0.1) is 23.7 Å². The number of nitrogens with one attached hydrogen (secondary N) is 3. The highest BCUT2D eigenvalue weighted by atomic mass is 16.4. The van der Waals surface area contributed by atoms with Gasteiger partial charge in [-0.15, -0.1) is 0 Å². The van der Waals surface area contributed by atoms with Crippen LogP contribution in [0.2, 0.25) is 0 Å². The minimum absolute atomic E-state index is 0.159. The van der Waals surface area contributed by atoms with Gasteiger partial charge in [-0.05, 0) is 49.1 Å². The van der Waals surface area contributed by atoms with Gasteiger partial charge in [0.25, 0.3) is 0 Å². The van der Waals surface area contributed by atoms with Crippen molar-refractivity contribution in [2.75, 3.05) is 23.7 Å². The van der Waals surface area contributed by atoms with Crippen molar-refractivity contribution in [2.24, 2.45) is 0 Å². The molecule has 1 amide bonds. The normalized spacial score (nSPS) is 13.5. The number of benzene rings is 1. The fourth-order valence-corrected chi connectivity index (χ4v) is 3.86. The topological polar surface area (TPSA) is 116 Å². The molecule has 32 heavy (non-hydrogen) atoms. The molecule has 3 heterocycles. The average molecular weight is 434 g/mol. The summed E-state index contributed by atoms with van der Waals surface area (Å²) in [7, 11) is 0. The first-order valence-electron chi connectivity index (χ1n) is 10.9. The molecule has 0 saturated carbocycles. The molecule has 0 aliphatic carbocycles.